The van der Waals surface area contributed by atoms with Crippen LogP contribution in [0.5, 0.6) is 0 Å². The third-order valence-corrected chi connectivity index (χ3v) is 4.96. The van der Waals surface area contributed by atoms with Crippen LogP contribution in [0.1, 0.15) is 20.8 Å². The van der Waals surface area contributed by atoms with E-state index >= 15 is 0 Å². The fourth-order valence-corrected chi connectivity index (χ4v) is 3.12. The average Bonchev–Trinajstić information content (AvgIpc) is 2.18. The second-order valence-electron chi connectivity index (χ2n) is 4.86. The minimum Gasteiger partial charge on any atom is -0.422 e. The fourth-order valence-electron chi connectivity index (χ4n) is 1.93. The van der Waals surface area contributed by atoms with Gasteiger partial charge in [0.2, 0.25) is 0 Å². The molecule has 1 saturated heterocycles. The number of piperazine rings is 1. The number of nitrogens with one attached hydrogen (secondary N) is 1. The Kier molecular flexibility index (Phi) is 6.48. The number of hydrogen-bond donors (Lipinski definition) is 1. The third-order valence-electron chi connectivity index (χ3n) is 2.84. The maximum Gasteiger partial charge on any atom is 0.162 e. The monoisotopic (exact) mass is 230 g/mol. The predicted octanol–water partition coefficient (Wildman–Crippen LogP) is 0.455. The molecule has 1 aliphatic rings. The first-order valence-corrected chi connectivity index (χ1v) is 7.81. The molecule has 0 amide bonds. The Morgan fingerprint density at radius 3 is 2.53 bits per heavy atom. The van der Waals surface area contributed by atoms with Gasteiger partial charge in [-0.15, -0.1) is 0 Å². The quantitative estimate of drug-likeness (QED) is 0.671. The molecule has 0 bridgehead atoms. The van der Waals surface area contributed by atoms with Crippen molar-refractivity contribution in [1.82, 2.24) is 10.2 Å². The predicted molar refractivity (Wildman–Crippen MR) is 68.0 cm³/mol. The van der Waals surface area contributed by atoms with Crippen LogP contribution in [-0.4, -0.2) is 53.5 Å². The van der Waals surface area contributed by atoms with Crippen LogP contribution < -0.4 is 5.32 Å². The van der Waals surface area contributed by atoms with Gasteiger partial charge in [0.05, 0.1) is 0 Å². The van der Waals surface area contributed by atoms with Gasteiger partial charge in [-0.3, -0.25) is 0 Å². The van der Waals surface area contributed by atoms with Crippen molar-refractivity contribution in [3.8, 4) is 0 Å². The van der Waals surface area contributed by atoms with Crippen molar-refractivity contribution in [2.45, 2.75) is 32.9 Å². The van der Waals surface area contributed by atoms with Gasteiger partial charge in [0, 0.05) is 38.8 Å². The number of rotatable bonds is 6. The second-order valence-corrected chi connectivity index (χ2v) is 6.18. The lowest BCUT2D eigenvalue weighted by Gasteiger charge is -2.29. The molecule has 15 heavy (non-hydrogen) atoms. The van der Waals surface area contributed by atoms with Gasteiger partial charge >= 0.3 is 0 Å². The highest BCUT2D eigenvalue weighted by atomic mass is 28.2. The maximum atomic E-state index is 5.71. The van der Waals surface area contributed by atoms with Crippen molar-refractivity contribution >= 4 is 9.76 Å². The van der Waals surface area contributed by atoms with Crippen molar-refractivity contribution in [2.75, 3.05) is 32.7 Å². The first-order chi connectivity index (χ1) is 7.18. The van der Waals surface area contributed by atoms with E-state index in [0.29, 0.717) is 6.10 Å². The van der Waals surface area contributed by atoms with E-state index < -0.39 is 0 Å². The van der Waals surface area contributed by atoms with Crippen LogP contribution in [0.2, 0.25) is 6.04 Å². The Labute approximate surface area is 96.5 Å². The lowest BCUT2D eigenvalue weighted by molar-refractivity contribution is 0.211. The summed E-state index contributed by atoms with van der Waals surface area (Å²) in [5.74, 6) is 0.813. The SMILES string of the molecule is CC(C[SiH2]OC(C)C)CN1CCNCC1. The van der Waals surface area contributed by atoms with E-state index in [1.807, 2.05) is 0 Å². The molecule has 0 spiro atoms. The van der Waals surface area contributed by atoms with Crippen molar-refractivity contribution in [1.29, 1.82) is 0 Å². The first kappa shape index (κ1) is 13.2. The summed E-state index contributed by atoms with van der Waals surface area (Å²) in [4.78, 5) is 2.57. The van der Waals surface area contributed by atoms with Gasteiger partial charge in [-0.05, 0) is 25.8 Å². The molecule has 1 aliphatic heterocycles. The van der Waals surface area contributed by atoms with Crippen LogP contribution in [0.3, 0.4) is 0 Å². The number of nitrogens with zero attached hydrogens (tertiary/aromatic N) is 1. The molecule has 0 aromatic carbocycles. The third kappa shape index (κ3) is 6.30. The molecule has 90 valence electrons. The fraction of sp³-hybridized carbons (Fsp3) is 1.00. The van der Waals surface area contributed by atoms with Gasteiger partial charge in [-0.2, -0.15) is 0 Å². The molecule has 0 aromatic heterocycles. The molecule has 1 heterocycles. The van der Waals surface area contributed by atoms with Crippen LogP contribution in [0, 0.1) is 5.92 Å². The molecule has 0 saturated carbocycles. The molecule has 1 rings (SSSR count). The first-order valence-electron chi connectivity index (χ1n) is 6.23. The van der Waals surface area contributed by atoms with E-state index in [0.717, 1.165) is 19.0 Å². The molecular formula is C11H26N2OSi. The maximum absolute atomic E-state index is 5.71. The van der Waals surface area contributed by atoms with Crippen LogP contribution in [0.4, 0.5) is 0 Å². The minimum atomic E-state index is -0.272. The van der Waals surface area contributed by atoms with Gasteiger partial charge in [0.25, 0.3) is 0 Å². The molecule has 0 aliphatic carbocycles. The van der Waals surface area contributed by atoms with E-state index in [1.54, 1.807) is 0 Å². The Hall–Kier alpha value is 0.0969. The molecule has 1 N–H and O–H groups in total. The lowest BCUT2D eigenvalue weighted by atomic mass is 10.2. The van der Waals surface area contributed by atoms with Gasteiger partial charge in [-0.25, -0.2) is 0 Å². The van der Waals surface area contributed by atoms with Gasteiger partial charge in [0.15, 0.2) is 9.76 Å². The largest absolute Gasteiger partial charge is 0.422 e. The molecule has 4 heteroatoms. The molecular weight excluding hydrogens is 204 g/mol. The Morgan fingerprint density at radius 2 is 1.93 bits per heavy atom. The molecule has 3 nitrogen and oxygen atoms in total. The summed E-state index contributed by atoms with van der Waals surface area (Å²) < 4.78 is 5.71. The summed E-state index contributed by atoms with van der Waals surface area (Å²) in [5.41, 5.74) is 0. The summed E-state index contributed by atoms with van der Waals surface area (Å²) in [6.45, 7) is 12.6. The van der Waals surface area contributed by atoms with E-state index in [4.69, 9.17) is 4.43 Å². The highest BCUT2D eigenvalue weighted by Gasteiger charge is 2.13. The van der Waals surface area contributed by atoms with E-state index in [2.05, 4.69) is 31.0 Å². The summed E-state index contributed by atoms with van der Waals surface area (Å²) >= 11 is 0. The van der Waals surface area contributed by atoms with Crippen LogP contribution in [-0.2, 0) is 4.43 Å². The minimum absolute atomic E-state index is 0.272. The highest BCUT2D eigenvalue weighted by Crippen LogP contribution is 2.06. The molecule has 1 atom stereocenters. The summed E-state index contributed by atoms with van der Waals surface area (Å²) in [6, 6.07) is 1.32. The Morgan fingerprint density at radius 1 is 1.27 bits per heavy atom. The Bertz CT molecular complexity index is 161. The highest BCUT2D eigenvalue weighted by molar-refractivity contribution is 6.27. The second kappa shape index (κ2) is 7.38. The standard InChI is InChI=1S/C11H26N2OSi/c1-10(2)14-15-9-11(3)8-13-6-4-12-5-7-13/h10-12H,4-9,15H2,1-3H3. The molecule has 0 aromatic rings. The van der Waals surface area contributed by atoms with Crippen molar-refractivity contribution < 1.29 is 4.43 Å². The zero-order chi connectivity index (χ0) is 11.1. The zero-order valence-electron chi connectivity index (χ0n) is 10.5. The number of hydrogen-bond acceptors (Lipinski definition) is 3. The molecule has 1 unspecified atom stereocenters. The van der Waals surface area contributed by atoms with Crippen LogP contribution in [0.15, 0.2) is 0 Å². The summed E-state index contributed by atoms with van der Waals surface area (Å²) in [6.07, 6.45) is 0.433. The van der Waals surface area contributed by atoms with Gasteiger partial charge in [-0.1, -0.05) is 6.92 Å². The average molecular weight is 230 g/mol. The molecule has 0 radical (unpaired) electrons. The lowest BCUT2D eigenvalue weighted by Crippen LogP contribution is -2.45. The van der Waals surface area contributed by atoms with E-state index in [-0.39, 0.29) is 9.76 Å². The smallest absolute Gasteiger partial charge is 0.162 e. The van der Waals surface area contributed by atoms with E-state index in [9.17, 15) is 0 Å². The summed E-state index contributed by atoms with van der Waals surface area (Å²) in [7, 11) is -0.272. The molecule has 1 fully saturated rings. The van der Waals surface area contributed by atoms with Gasteiger partial charge in [0.1, 0.15) is 0 Å². The Balaban J connectivity index is 2.03. The van der Waals surface area contributed by atoms with Crippen LogP contribution >= 0.6 is 0 Å². The van der Waals surface area contributed by atoms with Crippen molar-refractivity contribution in [3.63, 3.8) is 0 Å². The zero-order valence-corrected chi connectivity index (χ0v) is 11.9. The normalized spacial score (nSPS) is 21.6. The van der Waals surface area contributed by atoms with Gasteiger partial charge < -0.3 is 14.6 Å². The van der Waals surface area contributed by atoms with Crippen molar-refractivity contribution in [3.05, 3.63) is 0 Å². The van der Waals surface area contributed by atoms with E-state index in [1.165, 1.54) is 25.7 Å². The topological polar surface area (TPSA) is 24.5 Å². The summed E-state index contributed by atoms with van der Waals surface area (Å²) in [5, 5.41) is 3.39. The van der Waals surface area contributed by atoms with Crippen LogP contribution in [0.25, 0.3) is 0 Å². The van der Waals surface area contributed by atoms with Crippen molar-refractivity contribution in [2.24, 2.45) is 5.92 Å².